The molecule has 0 radical (unpaired) electrons. The number of nitrogens with one attached hydrogen (secondary N) is 1. The summed E-state index contributed by atoms with van der Waals surface area (Å²) in [4.78, 5) is 28.9. The zero-order chi connectivity index (χ0) is 24.9. The van der Waals surface area contributed by atoms with E-state index in [0.29, 0.717) is 17.1 Å². The molecule has 1 amide bonds. The molecule has 0 saturated heterocycles. The molecule has 0 bridgehead atoms. The lowest BCUT2D eigenvalue weighted by molar-refractivity contribution is -0.154. The highest BCUT2D eigenvalue weighted by Crippen LogP contribution is 2.42. The number of aromatic nitrogens is 1. The first-order valence-electron chi connectivity index (χ1n) is 10.7. The van der Waals surface area contributed by atoms with E-state index in [0.717, 1.165) is 5.39 Å². The molecule has 180 valence electrons. The molecule has 34 heavy (non-hydrogen) atoms. The lowest BCUT2D eigenvalue weighted by Gasteiger charge is -2.19. The summed E-state index contributed by atoms with van der Waals surface area (Å²) < 4.78 is 22.3. The number of carbonyl (C=O) groups excluding carboxylic acids is 2. The molecule has 3 rings (SSSR count). The molecule has 0 aliphatic heterocycles. The number of anilines is 1. The number of methoxy groups -OCH3 is 2. The Hall–Kier alpha value is -4.01. The number of rotatable bonds is 8. The Bertz CT molecular complexity index is 1180. The first-order valence-corrected chi connectivity index (χ1v) is 10.7. The molecule has 2 aromatic carbocycles. The Labute approximate surface area is 198 Å². The maximum absolute atomic E-state index is 12.7. The number of carbonyl (C=O) groups is 2. The molecule has 3 aromatic rings. The van der Waals surface area contributed by atoms with E-state index in [1.807, 2.05) is 18.2 Å². The Morgan fingerprint density at radius 3 is 2.29 bits per heavy atom. The molecule has 1 aromatic heterocycles. The van der Waals surface area contributed by atoms with Crippen molar-refractivity contribution in [2.75, 3.05) is 26.5 Å². The topological polar surface area (TPSA) is 122 Å². The number of nitrogen functional groups attached to an aromatic ring is 1. The van der Waals surface area contributed by atoms with Gasteiger partial charge in [0.15, 0.2) is 17.2 Å². The highest BCUT2D eigenvalue weighted by atomic mass is 16.6. The summed E-state index contributed by atoms with van der Waals surface area (Å²) in [5, 5.41) is 3.55. The van der Waals surface area contributed by atoms with Gasteiger partial charge in [0, 0.05) is 17.5 Å². The van der Waals surface area contributed by atoms with Gasteiger partial charge in [-0.1, -0.05) is 12.1 Å². The fraction of sp³-hybridized carbons (Fsp3) is 0.320. The van der Waals surface area contributed by atoms with Crippen molar-refractivity contribution in [1.29, 1.82) is 0 Å². The van der Waals surface area contributed by atoms with Crippen molar-refractivity contribution in [3.05, 3.63) is 48.0 Å². The van der Waals surface area contributed by atoms with Crippen LogP contribution in [-0.4, -0.2) is 43.2 Å². The van der Waals surface area contributed by atoms with Crippen LogP contribution in [0.15, 0.2) is 42.5 Å². The molecule has 0 saturated carbocycles. The lowest BCUT2D eigenvalue weighted by Crippen LogP contribution is -2.29. The van der Waals surface area contributed by atoms with Crippen LogP contribution >= 0.6 is 0 Å². The molecule has 0 aliphatic carbocycles. The number of para-hydroxylation sites is 1. The third-order valence-corrected chi connectivity index (χ3v) is 4.67. The van der Waals surface area contributed by atoms with E-state index < -0.39 is 17.5 Å². The van der Waals surface area contributed by atoms with Crippen molar-refractivity contribution in [2.45, 2.75) is 32.8 Å². The maximum Gasteiger partial charge on any atom is 0.308 e. The number of nitrogens with zero attached hydrogens (tertiary/aromatic N) is 1. The van der Waals surface area contributed by atoms with Gasteiger partial charge in [-0.25, -0.2) is 4.98 Å². The number of fused-ring (bicyclic) bond motifs is 1. The molecule has 0 spiro atoms. The fourth-order valence-corrected chi connectivity index (χ4v) is 3.21. The Kier molecular flexibility index (Phi) is 7.45. The predicted molar refractivity (Wildman–Crippen MR) is 129 cm³/mol. The summed E-state index contributed by atoms with van der Waals surface area (Å²) >= 11 is 0. The van der Waals surface area contributed by atoms with Crippen molar-refractivity contribution in [1.82, 2.24) is 10.3 Å². The van der Waals surface area contributed by atoms with Gasteiger partial charge in [0.05, 0.1) is 20.6 Å². The van der Waals surface area contributed by atoms with E-state index in [9.17, 15) is 9.59 Å². The minimum absolute atomic E-state index is 0.0513. The summed E-state index contributed by atoms with van der Waals surface area (Å²) in [5.41, 5.74) is 6.13. The molecule has 9 nitrogen and oxygen atoms in total. The van der Waals surface area contributed by atoms with Gasteiger partial charge in [0.25, 0.3) is 5.91 Å². The molecular formula is C25H29N3O6. The highest BCUT2D eigenvalue weighted by molar-refractivity contribution is 5.96. The fourth-order valence-electron chi connectivity index (χ4n) is 3.21. The smallest absolute Gasteiger partial charge is 0.308 e. The van der Waals surface area contributed by atoms with Crippen LogP contribution in [0.1, 0.15) is 37.6 Å². The largest absolute Gasteiger partial charge is 0.493 e. The average molecular weight is 468 g/mol. The van der Waals surface area contributed by atoms with Gasteiger partial charge in [-0.15, -0.1) is 0 Å². The van der Waals surface area contributed by atoms with Gasteiger partial charge in [0.2, 0.25) is 5.75 Å². The van der Waals surface area contributed by atoms with E-state index in [1.54, 1.807) is 32.9 Å². The second kappa shape index (κ2) is 10.3. The van der Waals surface area contributed by atoms with Gasteiger partial charge in [0.1, 0.15) is 16.9 Å². The van der Waals surface area contributed by atoms with Gasteiger partial charge in [-0.2, -0.15) is 0 Å². The van der Waals surface area contributed by atoms with Crippen molar-refractivity contribution in [3.8, 4) is 23.0 Å². The molecule has 0 aliphatic rings. The minimum Gasteiger partial charge on any atom is -0.493 e. The monoisotopic (exact) mass is 467 g/mol. The second-order valence-corrected chi connectivity index (χ2v) is 8.47. The number of esters is 1. The van der Waals surface area contributed by atoms with Crippen molar-refractivity contribution in [2.24, 2.45) is 0 Å². The molecule has 1 heterocycles. The van der Waals surface area contributed by atoms with Crippen LogP contribution in [0.3, 0.4) is 0 Å². The standard InChI is InChI=1S/C25H29N3O6/c1-25(2,3)34-21(29)11-12-27-24(30)16-13-18(31-4)23(19(14-16)32-5)33-17-8-6-7-15-9-10-20(26)28-22(15)17/h6-10,13-14H,11-12H2,1-5H3,(H2,26,28)(H,27,30). The van der Waals surface area contributed by atoms with E-state index in [4.69, 9.17) is 24.7 Å². The number of ether oxygens (including phenoxy) is 4. The van der Waals surface area contributed by atoms with Crippen LogP contribution in [0.4, 0.5) is 5.82 Å². The Morgan fingerprint density at radius 2 is 1.68 bits per heavy atom. The van der Waals surface area contributed by atoms with Gasteiger partial charge in [-0.05, 0) is 51.1 Å². The van der Waals surface area contributed by atoms with Gasteiger partial charge < -0.3 is 30.0 Å². The third kappa shape index (κ3) is 6.06. The van der Waals surface area contributed by atoms with Gasteiger partial charge in [-0.3, -0.25) is 9.59 Å². The van der Waals surface area contributed by atoms with Crippen LogP contribution in [0.5, 0.6) is 23.0 Å². The second-order valence-electron chi connectivity index (χ2n) is 8.47. The predicted octanol–water partition coefficient (Wildman–Crippen LogP) is 4.09. The zero-order valence-electron chi connectivity index (χ0n) is 19.9. The van der Waals surface area contributed by atoms with Crippen molar-refractivity contribution < 1.29 is 28.5 Å². The molecule has 0 fully saturated rings. The van der Waals surface area contributed by atoms with Gasteiger partial charge >= 0.3 is 5.97 Å². The average Bonchev–Trinajstić information content (AvgIpc) is 2.78. The third-order valence-electron chi connectivity index (χ3n) is 4.67. The quantitative estimate of drug-likeness (QED) is 0.475. The maximum atomic E-state index is 12.7. The van der Waals surface area contributed by atoms with E-state index in [1.165, 1.54) is 26.4 Å². The number of benzene rings is 2. The molecule has 9 heteroatoms. The molecular weight excluding hydrogens is 438 g/mol. The van der Waals surface area contributed by atoms with E-state index in [2.05, 4.69) is 10.3 Å². The summed E-state index contributed by atoms with van der Waals surface area (Å²) in [6.45, 7) is 5.48. The number of pyridine rings is 1. The number of hydrogen-bond donors (Lipinski definition) is 2. The zero-order valence-corrected chi connectivity index (χ0v) is 19.9. The van der Waals surface area contributed by atoms with Crippen LogP contribution in [0, 0.1) is 0 Å². The lowest BCUT2D eigenvalue weighted by atomic mass is 10.1. The summed E-state index contributed by atoms with van der Waals surface area (Å²) in [7, 11) is 2.93. The Morgan fingerprint density at radius 1 is 1.00 bits per heavy atom. The minimum atomic E-state index is -0.580. The molecule has 0 unspecified atom stereocenters. The first-order chi connectivity index (χ1) is 16.1. The SMILES string of the molecule is COc1cc(C(=O)NCCC(=O)OC(C)(C)C)cc(OC)c1Oc1cccc2ccc(N)nc12. The summed E-state index contributed by atoms with van der Waals surface area (Å²) in [6, 6.07) is 12.1. The summed E-state index contributed by atoms with van der Waals surface area (Å²) in [6.07, 6.45) is 0.0513. The number of hydrogen-bond acceptors (Lipinski definition) is 8. The molecule has 0 atom stereocenters. The van der Waals surface area contributed by atoms with Crippen LogP contribution in [0.25, 0.3) is 10.9 Å². The Balaban J connectivity index is 1.82. The van der Waals surface area contributed by atoms with Crippen LogP contribution < -0.4 is 25.3 Å². The van der Waals surface area contributed by atoms with Crippen molar-refractivity contribution >= 4 is 28.6 Å². The summed E-state index contributed by atoms with van der Waals surface area (Å²) in [5.74, 6) is 0.890. The molecule has 3 N–H and O–H groups in total. The van der Waals surface area contributed by atoms with E-state index in [-0.39, 0.29) is 35.8 Å². The van der Waals surface area contributed by atoms with Crippen LogP contribution in [-0.2, 0) is 9.53 Å². The highest BCUT2D eigenvalue weighted by Gasteiger charge is 2.20. The number of amides is 1. The normalized spacial score (nSPS) is 11.1. The number of nitrogens with two attached hydrogens (primary N) is 1. The van der Waals surface area contributed by atoms with E-state index >= 15 is 0 Å². The first kappa shape index (κ1) is 24.6. The van der Waals surface area contributed by atoms with Crippen molar-refractivity contribution in [3.63, 3.8) is 0 Å². The van der Waals surface area contributed by atoms with Crippen LogP contribution in [0.2, 0.25) is 0 Å².